The number of rotatable bonds is 2. The van der Waals surface area contributed by atoms with Crippen LogP contribution >= 0.6 is 15.9 Å². The molecule has 96 valence electrons. The van der Waals surface area contributed by atoms with Crippen LogP contribution < -0.4 is 10.2 Å². The van der Waals surface area contributed by atoms with E-state index in [1.807, 2.05) is 6.92 Å². The van der Waals surface area contributed by atoms with Gasteiger partial charge >= 0.3 is 0 Å². The Hall–Kier alpha value is -1.43. The largest absolute Gasteiger partial charge is 0.345 e. The van der Waals surface area contributed by atoms with Gasteiger partial charge in [0.2, 0.25) is 11.8 Å². The molecule has 4 nitrogen and oxygen atoms in total. The van der Waals surface area contributed by atoms with Crippen molar-refractivity contribution in [3.63, 3.8) is 0 Å². The average Bonchev–Trinajstić information content (AvgIpc) is 2.35. The number of hydrogen-bond donors (Lipinski definition) is 1. The van der Waals surface area contributed by atoms with Gasteiger partial charge < -0.3 is 5.32 Å². The van der Waals surface area contributed by atoms with Crippen LogP contribution in [0.1, 0.15) is 13.3 Å². The van der Waals surface area contributed by atoms with Crippen molar-refractivity contribution in [3.8, 4) is 0 Å². The number of anilines is 1. The van der Waals surface area contributed by atoms with Crippen LogP contribution in [0, 0.1) is 5.82 Å². The second-order valence-corrected chi connectivity index (χ2v) is 4.86. The molecule has 18 heavy (non-hydrogen) atoms. The van der Waals surface area contributed by atoms with Crippen LogP contribution in [0.25, 0.3) is 0 Å². The highest BCUT2D eigenvalue weighted by Gasteiger charge is 2.34. The van der Waals surface area contributed by atoms with Crippen LogP contribution in [0.2, 0.25) is 0 Å². The number of hydrogen-bond acceptors (Lipinski definition) is 2. The molecule has 0 aromatic heterocycles. The van der Waals surface area contributed by atoms with Crippen LogP contribution in [-0.4, -0.2) is 24.4 Å². The smallest absolute Gasteiger partial charge is 0.247 e. The molecule has 1 saturated heterocycles. The second-order valence-electron chi connectivity index (χ2n) is 4.00. The number of nitrogens with zero attached hydrogens (tertiary/aromatic N) is 1. The van der Waals surface area contributed by atoms with Gasteiger partial charge in [-0.3, -0.25) is 14.5 Å². The van der Waals surface area contributed by atoms with Crippen LogP contribution in [0.4, 0.5) is 10.1 Å². The van der Waals surface area contributed by atoms with Gasteiger partial charge in [0.25, 0.3) is 0 Å². The fourth-order valence-corrected chi connectivity index (χ4v) is 2.35. The van der Waals surface area contributed by atoms with Crippen LogP contribution in [0.3, 0.4) is 0 Å². The number of carbonyl (C=O) groups is 2. The zero-order chi connectivity index (χ0) is 13.3. The maximum absolute atomic E-state index is 13.2. The summed E-state index contributed by atoms with van der Waals surface area (Å²) in [7, 11) is 0. The Labute approximate surface area is 112 Å². The minimum absolute atomic E-state index is 0.0235. The molecular weight excluding hydrogens is 303 g/mol. The van der Waals surface area contributed by atoms with Crippen LogP contribution in [0.15, 0.2) is 22.7 Å². The summed E-state index contributed by atoms with van der Waals surface area (Å²) < 4.78 is 13.5. The number of halogens is 2. The Kier molecular flexibility index (Phi) is 3.65. The van der Waals surface area contributed by atoms with E-state index in [2.05, 4.69) is 21.2 Å². The Morgan fingerprint density at radius 2 is 2.22 bits per heavy atom. The van der Waals surface area contributed by atoms with Crippen molar-refractivity contribution < 1.29 is 14.0 Å². The standard InChI is InChI=1S/C12H12BrFN2O2/c1-2-10-12(18)15-6-11(17)16(10)7-3-4-9(14)8(13)5-7/h3-5,10H,2,6H2,1H3,(H,15,18). The van der Waals surface area contributed by atoms with Gasteiger partial charge in [0.1, 0.15) is 11.9 Å². The highest BCUT2D eigenvalue weighted by molar-refractivity contribution is 9.10. The monoisotopic (exact) mass is 314 g/mol. The van der Waals surface area contributed by atoms with E-state index in [-0.39, 0.29) is 22.8 Å². The van der Waals surface area contributed by atoms with Crippen molar-refractivity contribution in [3.05, 3.63) is 28.5 Å². The Morgan fingerprint density at radius 3 is 2.83 bits per heavy atom. The number of amides is 2. The van der Waals surface area contributed by atoms with Gasteiger partial charge in [-0.15, -0.1) is 0 Å². The molecule has 0 saturated carbocycles. The third kappa shape index (κ3) is 2.25. The number of benzene rings is 1. The summed E-state index contributed by atoms with van der Waals surface area (Å²) in [4.78, 5) is 25.0. The molecule has 0 radical (unpaired) electrons. The van der Waals surface area contributed by atoms with Gasteiger partial charge in [-0.05, 0) is 40.5 Å². The second kappa shape index (κ2) is 5.06. The average molecular weight is 315 g/mol. The van der Waals surface area contributed by atoms with Gasteiger partial charge in [0, 0.05) is 5.69 Å². The molecule has 6 heteroatoms. The zero-order valence-electron chi connectivity index (χ0n) is 9.74. The maximum atomic E-state index is 13.2. The number of nitrogens with one attached hydrogen (secondary N) is 1. The fraction of sp³-hybridized carbons (Fsp3) is 0.333. The Balaban J connectivity index is 2.41. The predicted molar refractivity (Wildman–Crippen MR) is 68.7 cm³/mol. The number of carbonyl (C=O) groups excluding carboxylic acids is 2. The Morgan fingerprint density at radius 1 is 1.50 bits per heavy atom. The lowest BCUT2D eigenvalue weighted by molar-refractivity contribution is -0.131. The molecule has 1 aromatic rings. The minimum Gasteiger partial charge on any atom is -0.345 e. The lowest BCUT2D eigenvalue weighted by atomic mass is 10.1. The van der Waals surface area contributed by atoms with Crippen molar-refractivity contribution in [2.45, 2.75) is 19.4 Å². The topological polar surface area (TPSA) is 49.4 Å². The molecule has 0 bridgehead atoms. The normalized spacial score (nSPS) is 19.9. The highest BCUT2D eigenvalue weighted by atomic mass is 79.9. The summed E-state index contributed by atoms with van der Waals surface area (Å²) >= 11 is 3.08. The van der Waals surface area contributed by atoms with Gasteiger partial charge in [-0.2, -0.15) is 0 Å². The first-order valence-electron chi connectivity index (χ1n) is 5.59. The summed E-state index contributed by atoms with van der Waals surface area (Å²) in [5.74, 6) is -0.779. The lowest BCUT2D eigenvalue weighted by Crippen LogP contribution is -2.58. The van der Waals surface area contributed by atoms with Crippen molar-refractivity contribution in [2.75, 3.05) is 11.4 Å². The van der Waals surface area contributed by atoms with E-state index in [0.29, 0.717) is 12.1 Å². The molecule has 0 aliphatic carbocycles. The van der Waals surface area contributed by atoms with Crippen molar-refractivity contribution in [1.29, 1.82) is 0 Å². The van der Waals surface area contributed by atoms with E-state index < -0.39 is 11.9 Å². The molecule has 2 amide bonds. The molecule has 1 N–H and O–H groups in total. The Bertz CT molecular complexity index is 507. The third-order valence-corrected chi connectivity index (χ3v) is 3.47. The zero-order valence-corrected chi connectivity index (χ0v) is 11.3. The van der Waals surface area contributed by atoms with E-state index in [1.165, 1.54) is 23.1 Å². The van der Waals surface area contributed by atoms with Crippen molar-refractivity contribution in [1.82, 2.24) is 5.32 Å². The molecule has 0 spiro atoms. The van der Waals surface area contributed by atoms with Gasteiger partial charge in [-0.25, -0.2) is 4.39 Å². The van der Waals surface area contributed by atoms with Gasteiger partial charge in [0.05, 0.1) is 11.0 Å². The van der Waals surface area contributed by atoms with Crippen molar-refractivity contribution >= 4 is 33.4 Å². The first-order valence-corrected chi connectivity index (χ1v) is 6.38. The first kappa shape index (κ1) is 13.0. The maximum Gasteiger partial charge on any atom is 0.247 e. The predicted octanol–water partition coefficient (Wildman–Crippen LogP) is 1.83. The van der Waals surface area contributed by atoms with E-state index in [9.17, 15) is 14.0 Å². The van der Waals surface area contributed by atoms with E-state index in [0.717, 1.165) is 0 Å². The number of piperazine rings is 1. The van der Waals surface area contributed by atoms with Crippen molar-refractivity contribution in [2.24, 2.45) is 0 Å². The van der Waals surface area contributed by atoms with Crippen LogP contribution in [-0.2, 0) is 9.59 Å². The molecule has 1 atom stereocenters. The molecule has 1 aliphatic heterocycles. The van der Waals surface area contributed by atoms with Gasteiger partial charge in [-0.1, -0.05) is 6.92 Å². The highest BCUT2D eigenvalue weighted by Crippen LogP contribution is 2.26. The summed E-state index contributed by atoms with van der Waals surface area (Å²) in [6.45, 7) is 1.80. The summed E-state index contributed by atoms with van der Waals surface area (Å²) in [5.41, 5.74) is 0.523. The summed E-state index contributed by atoms with van der Waals surface area (Å²) in [6.07, 6.45) is 0.507. The molecule has 1 heterocycles. The molecule has 1 unspecified atom stereocenters. The summed E-state index contributed by atoms with van der Waals surface area (Å²) in [6, 6.07) is 3.74. The SMILES string of the molecule is CCC1C(=O)NCC(=O)N1c1ccc(F)c(Br)c1. The third-order valence-electron chi connectivity index (χ3n) is 2.86. The fourth-order valence-electron chi connectivity index (χ4n) is 1.98. The first-order chi connectivity index (χ1) is 8.54. The van der Waals surface area contributed by atoms with E-state index in [4.69, 9.17) is 0 Å². The van der Waals surface area contributed by atoms with Gasteiger partial charge in [0.15, 0.2) is 0 Å². The van der Waals surface area contributed by atoms with Crippen LogP contribution in [0.5, 0.6) is 0 Å². The van der Waals surface area contributed by atoms with E-state index >= 15 is 0 Å². The molecule has 1 aliphatic rings. The molecule has 2 rings (SSSR count). The quantitative estimate of drug-likeness (QED) is 0.905. The lowest BCUT2D eigenvalue weighted by Gasteiger charge is -2.34. The summed E-state index contributed by atoms with van der Waals surface area (Å²) in [5, 5.41) is 2.54. The molecule has 1 aromatic carbocycles. The minimum atomic E-state index is -0.538. The van der Waals surface area contributed by atoms with E-state index in [1.54, 1.807) is 0 Å². The molecular formula is C12H12BrFN2O2. The molecule has 1 fully saturated rings.